The van der Waals surface area contributed by atoms with Crippen molar-refractivity contribution in [3.63, 3.8) is 0 Å². The Labute approximate surface area is 102 Å². The number of nitrogens with two attached hydrogens (primary N) is 1. The van der Waals surface area contributed by atoms with Gasteiger partial charge in [0.05, 0.1) is 0 Å². The molecule has 17 heavy (non-hydrogen) atoms. The van der Waals surface area contributed by atoms with Crippen molar-refractivity contribution in [2.75, 3.05) is 11.1 Å². The van der Waals surface area contributed by atoms with Gasteiger partial charge >= 0.3 is 0 Å². The van der Waals surface area contributed by atoms with Crippen LogP contribution in [-0.4, -0.2) is 4.98 Å². The average Bonchev–Trinajstić information content (AvgIpc) is 2.29. The lowest BCUT2D eigenvalue weighted by atomic mass is 10.0. The minimum absolute atomic E-state index is 0.522. The maximum atomic E-state index is 5.62. The number of aromatic nitrogens is 1. The third-order valence-corrected chi connectivity index (χ3v) is 2.65. The third-order valence-electron chi connectivity index (χ3n) is 2.65. The third kappa shape index (κ3) is 2.97. The minimum Gasteiger partial charge on any atom is -0.384 e. The Kier molecular flexibility index (Phi) is 3.28. The first kappa shape index (κ1) is 11.5. The predicted octanol–water partition coefficient (Wildman–Crippen LogP) is 3.53. The monoisotopic (exact) mass is 227 g/mol. The molecule has 0 radical (unpaired) electrons. The largest absolute Gasteiger partial charge is 0.384 e. The van der Waals surface area contributed by atoms with Gasteiger partial charge in [0.15, 0.2) is 0 Å². The van der Waals surface area contributed by atoms with E-state index in [1.54, 1.807) is 6.20 Å². The van der Waals surface area contributed by atoms with Crippen molar-refractivity contribution < 1.29 is 0 Å². The zero-order valence-electron chi connectivity index (χ0n) is 10.1. The van der Waals surface area contributed by atoms with Gasteiger partial charge in [-0.15, -0.1) is 0 Å². The van der Waals surface area contributed by atoms with Crippen LogP contribution in [0, 0.1) is 0 Å². The molecule has 3 heteroatoms. The summed E-state index contributed by atoms with van der Waals surface area (Å²) in [5.41, 5.74) is 8.97. The summed E-state index contributed by atoms with van der Waals surface area (Å²) in [6.45, 7) is 4.37. The van der Waals surface area contributed by atoms with Crippen LogP contribution in [0.1, 0.15) is 25.3 Å². The van der Waals surface area contributed by atoms with E-state index in [0.717, 1.165) is 11.4 Å². The summed E-state index contributed by atoms with van der Waals surface area (Å²) in [4.78, 5) is 3.96. The Balaban J connectivity index is 2.14. The molecule has 0 spiro atoms. The van der Waals surface area contributed by atoms with Crippen molar-refractivity contribution in [3.8, 4) is 0 Å². The number of hydrogen-bond donors (Lipinski definition) is 2. The van der Waals surface area contributed by atoms with E-state index in [2.05, 4.69) is 48.4 Å². The molecule has 0 aliphatic heterocycles. The summed E-state index contributed by atoms with van der Waals surface area (Å²) in [5, 5.41) is 3.29. The van der Waals surface area contributed by atoms with Crippen LogP contribution in [0.5, 0.6) is 0 Å². The second-order valence-corrected chi connectivity index (χ2v) is 4.37. The lowest BCUT2D eigenvalue weighted by Gasteiger charge is -2.09. The van der Waals surface area contributed by atoms with Crippen molar-refractivity contribution in [2.24, 2.45) is 0 Å². The van der Waals surface area contributed by atoms with E-state index < -0.39 is 0 Å². The molecule has 0 amide bonds. The van der Waals surface area contributed by atoms with Crippen molar-refractivity contribution in [3.05, 3.63) is 48.2 Å². The van der Waals surface area contributed by atoms with Crippen LogP contribution in [0.4, 0.5) is 17.2 Å². The lowest BCUT2D eigenvalue weighted by molar-refractivity contribution is 0.867. The lowest BCUT2D eigenvalue weighted by Crippen LogP contribution is -1.94. The van der Waals surface area contributed by atoms with Crippen LogP contribution in [0.2, 0.25) is 0 Å². The summed E-state index contributed by atoms with van der Waals surface area (Å²) in [5.74, 6) is 1.08. The Bertz CT molecular complexity index is 489. The van der Waals surface area contributed by atoms with Gasteiger partial charge in [0, 0.05) is 23.6 Å². The second kappa shape index (κ2) is 4.87. The van der Waals surface area contributed by atoms with E-state index in [0.29, 0.717) is 11.7 Å². The van der Waals surface area contributed by atoms with Crippen LogP contribution in [0.25, 0.3) is 0 Å². The number of nitrogen functional groups attached to an aromatic ring is 1. The first-order valence-electron chi connectivity index (χ1n) is 5.73. The summed E-state index contributed by atoms with van der Waals surface area (Å²) in [6, 6.07) is 12.1. The topological polar surface area (TPSA) is 50.9 Å². The van der Waals surface area contributed by atoms with Gasteiger partial charge in [-0.1, -0.05) is 26.0 Å². The molecule has 0 saturated carbocycles. The normalized spacial score (nSPS) is 10.5. The number of nitrogens with one attached hydrogen (secondary N) is 1. The molecule has 88 valence electrons. The van der Waals surface area contributed by atoms with Crippen LogP contribution in [0.15, 0.2) is 42.6 Å². The van der Waals surface area contributed by atoms with Gasteiger partial charge in [-0.3, -0.25) is 0 Å². The highest BCUT2D eigenvalue weighted by molar-refractivity contribution is 5.61. The molecule has 3 N–H and O–H groups in total. The first-order valence-corrected chi connectivity index (χ1v) is 5.73. The Morgan fingerprint density at radius 1 is 1.06 bits per heavy atom. The average molecular weight is 227 g/mol. The van der Waals surface area contributed by atoms with Gasteiger partial charge < -0.3 is 11.1 Å². The highest BCUT2D eigenvalue weighted by Crippen LogP contribution is 2.20. The zero-order valence-corrected chi connectivity index (χ0v) is 10.1. The highest BCUT2D eigenvalue weighted by Gasteiger charge is 1.99. The molecular weight excluding hydrogens is 210 g/mol. The van der Waals surface area contributed by atoms with Crippen LogP contribution in [-0.2, 0) is 0 Å². The number of hydrogen-bond acceptors (Lipinski definition) is 3. The fourth-order valence-corrected chi connectivity index (χ4v) is 1.64. The van der Waals surface area contributed by atoms with Crippen LogP contribution < -0.4 is 11.1 Å². The standard InChI is InChI=1S/C14H17N3/c1-10(2)11-3-5-12(6-4-11)17-13-7-8-16-14(15)9-13/h3-10H,1-2H3,(H3,15,16,17). The number of rotatable bonds is 3. The van der Waals surface area contributed by atoms with Crippen molar-refractivity contribution in [2.45, 2.75) is 19.8 Å². The minimum atomic E-state index is 0.522. The smallest absolute Gasteiger partial charge is 0.125 e. The highest BCUT2D eigenvalue weighted by atomic mass is 14.9. The molecule has 1 aromatic carbocycles. The molecular formula is C14H17N3. The summed E-state index contributed by atoms with van der Waals surface area (Å²) in [7, 11) is 0. The molecule has 0 aliphatic rings. The molecule has 2 rings (SSSR count). The molecule has 0 fully saturated rings. The van der Waals surface area contributed by atoms with Crippen molar-refractivity contribution >= 4 is 17.2 Å². The molecule has 2 aromatic rings. The van der Waals surface area contributed by atoms with E-state index in [9.17, 15) is 0 Å². The van der Waals surface area contributed by atoms with Gasteiger partial charge in [0.1, 0.15) is 5.82 Å². The maximum Gasteiger partial charge on any atom is 0.125 e. The maximum absolute atomic E-state index is 5.62. The fraction of sp³-hybridized carbons (Fsp3) is 0.214. The van der Waals surface area contributed by atoms with Crippen LogP contribution >= 0.6 is 0 Å². The van der Waals surface area contributed by atoms with Gasteiger partial charge in [-0.2, -0.15) is 0 Å². The Morgan fingerprint density at radius 3 is 2.35 bits per heavy atom. The number of benzene rings is 1. The first-order chi connectivity index (χ1) is 8.15. The molecule has 0 unspecified atom stereocenters. The van der Waals surface area contributed by atoms with Gasteiger partial charge in [0.2, 0.25) is 0 Å². The van der Waals surface area contributed by atoms with E-state index >= 15 is 0 Å². The molecule has 1 heterocycles. The number of pyridine rings is 1. The molecule has 0 atom stereocenters. The quantitative estimate of drug-likeness (QED) is 0.843. The Hall–Kier alpha value is -2.03. The molecule has 0 saturated heterocycles. The Morgan fingerprint density at radius 2 is 1.76 bits per heavy atom. The summed E-state index contributed by atoms with van der Waals surface area (Å²) >= 11 is 0. The van der Waals surface area contributed by atoms with Gasteiger partial charge in [-0.05, 0) is 29.7 Å². The fourth-order valence-electron chi connectivity index (χ4n) is 1.64. The molecule has 0 aliphatic carbocycles. The second-order valence-electron chi connectivity index (χ2n) is 4.37. The SMILES string of the molecule is CC(C)c1ccc(Nc2ccnc(N)c2)cc1. The van der Waals surface area contributed by atoms with E-state index in [4.69, 9.17) is 5.73 Å². The number of anilines is 3. The van der Waals surface area contributed by atoms with E-state index in [1.807, 2.05) is 12.1 Å². The summed E-state index contributed by atoms with van der Waals surface area (Å²) < 4.78 is 0. The van der Waals surface area contributed by atoms with E-state index in [-0.39, 0.29) is 0 Å². The molecule has 3 nitrogen and oxygen atoms in total. The van der Waals surface area contributed by atoms with Gasteiger partial charge in [-0.25, -0.2) is 4.98 Å². The van der Waals surface area contributed by atoms with Crippen molar-refractivity contribution in [1.29, 1.82) is 0 Å². The predicted molar refractivity (Wildman–Crippen MR) is 72.5 cm³/mol. The molecule has 1 aromatic heterocycles. The van der Waals surface area contributed by atoms with Crippen molar-refractivity contribution in [1.82, 2.24) is 4.98 Å². The van der Waals surface area contributed by atoms with E-state index in [1.165, 1.54) is 5.56 Å². The van der Waals surface area contributed by atoms with Gasteiger partial charge in [0.25, 0.3) is 0 Å². The zero-order chi connectivity index (χ0) is 12.3. The summed E-state index contributed by atoms with van der Waals surface area (Å²) in [6.07, 6.45) is 1.69. The number of nitrogens with zero attached hydrogens (tertiary/aromatic N) is 1. The van der Waals surface area contributed by atoms with Crippen LogP contribution in [0.3, 0.4) is 0 Å². The molecule has 0 bridgehead atoms.